The Morgan fingerprint density at radius 1 is 1.43 bits per heavy atom. The summed E-state index contributed by atoms with van der Waals surface area (Å²) in [6, 6.07) is 0.628. The van der Waals surface area contributed by atoms with Crippen LogP contribution in [-0.2, 0) is 6.54 Å². The van der Waals surface area contributed by atoms with Crippen molar-refractivity contribution in [2.24, 2.45) is 5.73 Å². The number of hydrogen-bond donors (Lipinski definition) is 1. The first kappa shape index (κ1) is 9.71. The van der Waals surface area contributed by atoms with Crippen molar-refractivity contribution >= 4 is 0 Å². The normalized spacial score (nSPS) is 18.7. The van der Waals surface area contributed by atoms with Crippen molar-refractivity contribution < 1.29 is 0 Å². The second-order valence-corrected chi connectivity index (χ2v) is 4.23. The van der Waals surface area contributed by atoms with Crippen molar-refractivity contribution in [2.45, 2.75) is 51.6 Å². The minimum absolute atomic E-state index is 0.561. The Kier molecular flexibility index (Phi) is 2.87. The van der Waals surface area contributed by atoms with Gasteiger partial charge in [0.2, 0.25) is 0 Å². The number of nitrogens with zero attached hydrogens (tertiary/aromatic N) is 2. The van der Waals surface area contributed by atoms with Gasteiger partial charge in [-0.05, 0) is 25.3 Å². The van der Waals surface area contributed by atoms with Crippen molar-refractivity contribution in [3.05, 3.63) is 17.5 Å². The van der Waals surface area contributed by atoms with Gasteiger partial charge in [0.05, 0.1) is 11.7 Å². The highest BCUT2D eigenvalue weighted by Crippen LogP contribution is 2.27. The molecule has 2 N–H and O–H groups in total. The van der Waals surface area contributed by atoms with E-state index in [0.717, 1.165) is 5.69 Å². The van der Waals surface area contributed by atoms with Gasteiger partial charge in [-0.3, -0.25) is 4.68 Å². The molecule has 0 unspecified atom stereocenters. The van der Waals surface area contributed by atoms with Crippen LogP contribution in [-0.4, -0.2) is 9.78 Å². The third kappa shape index (κ3) is 1.82. The van der Waals surface area contributed by atoms with Crippen LogP contribution in [0.2, 0.25) is 0 Å². The largest absolute Gasteiger partial charge is 0.325 e. The average Bonchev–Trinajstić information content (AvgIpc) is 2.61. The molecule has 1 aromatic heterocycles. The zero-order chi connectivity index (χ0) is 9.97. The lowest BCUT2D eigenvalue weighted by Crippen LogP contribution is -2.13. The quantitative estimate of drug-likeness (QED) is 0.782. The third-order valence-corrected chi connectivity index (χ3v) is 3.16. The second kappa shape index (κ2) is 4.13. The van der Waals surface area contributed by atoms with Crippen LogP contribution in [0.4, 0.5) is 0 Å². The summed E-state index contributed by atoms with van der Waals surface area (Å²) in [4.78, 5) is 0. The van der Waals surface area contributed by atoms with Crippen molar-refractivity contribution in [3.63, 3.8) is 0 Å². The van der Waals surface area contributed by atoms with Crippen molar-refractivity contribution in [1.82, 2.24) is 9.78 Å². The fourth-order valence-corrected chi connectivity index (χ4v) is 2.25. The molecule has 1 aliphatic rings. The van der Waals surface area contributed by atoms with E-state index in [-0.39, 0.29) is 0 Å². The third-order valence-electron chi connectivity index (χ3n) is 3.16. The molecule has 0 amide bonds. The fraction of sp³-hybridized carbons (Fsp3) is 0.727. The molecular weight excluding hydrogens is 174 g/mol. The van der Waals surface area contributed by atoms with E-state index in [1.54, 1.807) is 0 Å². The van der Waals surface area contributed by atoms with Gasteiger partial charge < -0.3 is 5.73 Å². The smallest absolute Gasteiger partial charge is 0.0789 e. The van der Waals surface area contributed by atoms with E-state index >= 15 is 0 Å². The molecule has 78 valence electrons. The number of nitrogens with two attached hydrogens (primary N) is 1. The Morgan fingerprint density at radius 2 is 2.14 bits per heavy atom. The minimum Gasteiger partial charge on any atom is -0.325 e. The monoisotopic (exact) mass is 193 g/mol. The summed E-state index contributed by atoms with van der Waals surface area (Å²) in [5.41, 5.74) is 7.90. The molecule has 0 bridgehead atoms. The first-order valence-electron chi connectivity index (χ1n) is 5.56. The Labute approximate surface area is 85.3 Å². The summed E-state index contributed by atoms with van der Waals surface area (Å²) in [6.45, 7) is 2.65. The van der Waals surface area contributed by atoms with E-state index in [1.165, 1.54) is 37.7 Å². The Balaban J connectivity index is 2.14. The van der Waals surface area contributed by atoms with Crippen LogP contribution in [0.15, 0.2) is 6.20 Å². The first-order valence-corrected chi connectivity index (χ1v) is 5.56. The fourth-order valence-electron chi connectivity index (χ4n) is 2.25. The second-order valence-electron chi connectivity index (χ2n) is 4.23. The Bertz CT molecular complexity index is 297. The van der Waals surface area contributed by atoms with Crippen molar-refractivity contribution in [3.8, 4) is 0 Å². The summed E-state index contributed by atoms with van der Waals surface area (Å²) >= 11 is 0. The first-order chi connectivity index (χ1) is 6.81. The molecule has 0 aliphatic heterocycles. The average molecular weight is 193 g/mol. The molecule has 1 heterocycles. The number of aryl methyl sites for hydroxylation is 1. The molecule has 1 aliphatic carbocycles. The molecule has 0 aromatic carbocycles. The highest BCUT2D eigenvalue weighted by atomic mass is 15.3. The number of hydrogen-bond acceptors (Lipinski definition) is 2. The Morgan fingerprint density at radius 3 is 2.71 bits per heavy atom. The lowest BCUT2D eigenvalue weighted by molar-refractivity contribution is 0.328. The van der Waals surface area contributed by atoms with Gasteiger partial charge in [-0.25, -0.2) is 0 Å². The van der Waals surface area contributed by atoms with E-state index in [0.29, 0.717) is 12.6 Å². The van der Waals surface area contributed by atoms with Gasteiger partial charge in [-0.15, -0.1) is 0 Å². The maximum atomic E-state index is 5.62. The maximum Gasteiger partial charge on any atom is 0.0789 e. The summed E-state index contributed by atoms with van der Waals surface area (Å²) < 4.78 is 2.14. The van der Waals surface area contributed by atoms with Crippen LogP contribution in [0, 0.1) is 6.92 Å². The van der Waals surface area contributed by atoms with E-state index in [1.807, 2.05) is 0 Å². The van der Waals surface area contributed by atoms with Gasteiger partial charge in [-0.1, -0.05) is 19.3 Å². The van der Waals surface area contributed by atoms with Gasteiger partial charge in [0.25, 0.3) is 0 Å². The highest BCUT2D eigenvalue weighted by molar-refractivity contribution is 5.14. The van der Waals surface area contributed by atoms with Crippen molar-refractivity contribution in [1.29, 1.82) is 0 Å². The minimum atomic E-state index is 0.561. The molecule has 0 atom stereocenters. The van der Waals surface area contributed by atoms with Gasteiger partial charge in [0.15, 0.2) is 0 Å². The SMILES string of the molecule is Cc1cn(C2CCCCC2)nc1CN. The Hall–Kier alpha value is -0.830. The molecule has 0 saturated heterocycles. The topological polar surface area (TPSA) is 43.8 Å². The molecule has 0 spiro atoms. The van der Waals surface area contributed by atoms with Crippen LogP contribution >= 0.6 is 0 Å². The lowest BCUT2D eigenvalue weighted by Gasteiger charge is -2.21. The highest BCUT2D eigenvalue weighted by Gasteiger charge is 2.16. The van der Waals surface area contributed by atoms with E-state index < -0.39 is 0 Å². The molecule has 1 fully saturated rings. The predicted octanol–water partition coefficient (Wildman–Crippen LogP) is 2.16. The van der Waals surface area contributed by atoms with Gasteiger partial charge in [-0.2, -0.15) is 5.10 Å². The van der Waals surface area contributed by atoms with Crippen LogP contribution in [0.3, 0.4) is 0 Å². The molecule has 3 heteroatoms. The summed E-state index contributed by atoms with van der Waals surface area (Å²) in [6.07, 6.45) is 8.80. The standard InChI is InChI=1S/C11H19N3/c1-9-8-14(13-11(9)7-12)10-5-3-2-4-6-10/h8,10H,2-7,12H2,1H3. The van der Waals surface area contributed by atoms with Gasteiger partial charge in [0.1, 0.15) is 0 Å². The summed E-state index contributed by atoms with van der Waals surface area (Å²) in [7, 11) is 0. The molecule has 1 saturated carbocycles. The van der Waals surface area contributed by atoms with Crippen LogP contribution in [0.1, 0.15) is 49.4 Å². The van der Waals surface area contributed by atoms with Crippen LogP contribution in [0.25, 0.3) is 0 Å². The van der Waals surface area contributed by atoms with Crippen molar-refractivity contribution in [2.75, 3.05) is 0 Å². The van der Waals surface area contributed by atoms with E-state index in [4.69, 9.17) is 5.73 Å². The predicted molar refractivity (Wildman–Crippen MR) is 57.0 cm³/mol. The number of rotatable bonds is 2. The molecule has 1 aromatic rings. The summed E-state index contributed by atoms with van der Waals surface area (Å²) in [5, 5.41) is 4.54. The van der Waals surface area contributed by atoms with Gasteiger partial charge >= 0.3 is 0 Å². The number of aromatic nitrogens is 2. The summed E-state index contributed by atoms with van der Waals surface area (Å²) in [5.74, 6) is 0. The molecule has 0 radical (unpaired) electrons. The van der Waals surface area contributed by atoms with Crippen LogP contribution < -0.4 is 5.73 Å². The molecule has 3 nitrogen and oxygen atoms in total. The zero-order valence-electron chi connectivity index (χ0n) is 8.87. The van der Waals surface area contributed by atoms with Crippen LogP contribution in [0.5, 0.6) is 0 Å². The molecular formula is C11H19N3. The molecule has 2 rings (SSSR count). The van der Waals surface area contributed by atoms with E-state index in [2.05, 4.69) is 22.9 Å². The zero-order valence-corrected chi connectivity index (χ0v) is 8.87. The maximum absolute atomic E-state index is 5.62. The van der Waals surface area contributed by atoms with E-state index in [9.17, 15) is 0 Å². The molecule has 14 heavy (non-hydrogen) atoms. The lowest BCUT2D eigenvalue weighted by atomic mass is 9.96. The van der Waals surface area contributed by atoms with Gasteiger partial charge in [0, 0.05) is 12.7 Å².